The fourth-order valence-corrected chi connectivity index (χ4v) is 2.87. The van der Waals surface area contributed by atoms with Crippen LogP contribution in [0.15, 0.2) is 0 Å². The van der Waals surface area contributed by atoms with E-state index >= 15 is 0 Å². The molecule has 1 atom stereocenters. The third-order valence-electron chi connectivity index (χ3n) is 3.77. The molecule has 0 saturated carbocycles. The molecule has 2 rings (SSSR count). The largest absolute Gasteiger partial charge is 0.272 e. The molecule has 20 heavy (non-hydrogen) atoms. The summed E-state index contributed by atoms with van der Waals surface area (Å²) < 4.78 is 3.67. The number of aromatic nitrogens is 4. The summed E-state index contributed by atoms with van der Waals surface area (Å²) in [6, 6.07) is -0.0454. The molecule has 0 aliphatic rings. The van der Waals surface area contributed by atoms with Crippen LogP contribution in [-0.4, -0.2) is 19.6 Å². The van der Waals surface area contributed by atoms with Gasteiger partial charge in [0.2, 0.25) is 0 Å². The molecular formula is C13H21ClN6. The van der Waals surface area contributed by atoms with Crippen molar-refractivity contribution >= 4 is 11.6 Å². The Bertz CT molecular complexity index is 627. The van der Waals surface area contributed by atoms with Crippen LogP contribution in [0.25, 0.3) is 0 Å². The minimum atomic E-state index is -0.0454. The fraction of sp³-hybridized carbons (Fsp3) is 0.538. The highest BCUT2D eigenvalue weighted by molar-refractivity contribution is 6.31. The Kier molecular flexibility index (Phi) is 4.17. The van der Waals surface area contributed by atoms with Gasteiger partial charge in [-0.25, -0.2) is 0 Å². The summed E-state index contributed by atoms with van der Waals surface area (Å²) in [4.78, 5) is 0. The van der Waals surface area contributed by atoms with Gasteiger partial charge in [-0.3, -0.25) is 20.6 Å². The summed E-state index contributed by atoms with van der Waals surface area (Å²) in [7, 11) is 3.82. The Hall–Kier alpha value is -1.37. The molecule has 0 bridgehead atoms. The number of rotatable bonds is 4. The highest BCUT2D eigenvalue weighted by atomic mass is 35.5. The SMILES string of the molecule is Cc1nn(C)c(CC(NN)c2c(C)nn(C)c2C)c1Cl. The lowest BCUT2D eigenvalue weighted by atomic mass is 10.0. The van der Waals surface area contributed by atoms with Crippen molar-refractivity contribution in [3.63, 3.8) is 0 Å². The van der Waals surface area contributed by atoms with Gasteiger partial charge in [-0.2, -0.15) is 10.2 Å². The summed E-state index contributed by atoms with van der Waals surface area (Å²) >= 11 is 6.31. The zero-order chi connectivity index (χ0) is 15.0. The van der Waals surface area contributed by atoms with Crippen molar-refractivity contribution in [3.05, 3.63) is 33.4 Å². The first-order valence-corrected chi connectivity index (χ1v) is 6.88. The highest BCUT2D eigenvalue weighted by Crippen LogP contribution is 2.28. The summed E-state index contributed by atoms with van der Waals surface area (Å²) in [5.74, 6) is 5.75. The number of hydrazine groups is 1. The van der Waals surface area contributed by atoms with E-state index in [1.807, 2.05) is 44.2 Å². The molecule has 0 amide bonds. The minimum Gasteiger partial charge on any atom is -0.272 e. The Balaban J connectivity index is 2.39. The molecule has 2 aromatic heterocycles. The Labute approximate surface area is 123 Å². The normalized spacial score (nSPS) is 12.9. The first kappa shape index (κ1) is 15.0. The van der Waals surface area contributed by atoms with E-state index in [-0.39, 0.29) is 6.04 Å². The van der Waals surface area contributed by atoms with E-state index in [2.05, 4.69) is 15.6 Å². The van der Waals surface area contributed by atoms with Gasteiger partial charge in [0.25, 0.3) is 0 Å². The fourth-order valence-electron chi connectivity index (χ4n) is 2.63. The molecule has 6 nitrogen and oxygen atoms in total. The van der Waals surface area contributed by atoms with Crippen LogP contribution >= 0.6 is 11.6 Å². The van der Waals surface area contributed by atoms with Crippen LogP contribution in [0.1, 0.15) is 34.4 Å². The van der Waals surface area contributed by atoms with Gasteiger partial charge in [-0.1, -0.05) is 11.6 Å². The summed E-state index contributed by atoms with van der Waals surface area (Å²) in [5.41, 5.74) is 7.86. The summed E-state index contributed by atoms with van der Waals surface area (Å²) in [6.45, 7) is 5.93. The molecule has 1 unspecified atom stereocenters. The van der Waals surface area contributed by atoms with Crippen LogP contribution < -0.4 is 11.3 Å². The molecule has 2 aromatic rings. The van der Waals surface area contributed by atoms with E-state index in [1.54, 1.807) is 0 Å². The van der Waals surface area contributed by atoms with Crippen molar-refractivity contribution in [1.29, 1.82) is 0 Å². The van der Waals surface area contributed by atoms with Crippen molar-refractivity contribution in [2.75, 3.05) is 0 Å². The number of hydrogen-bond donors (Lipinski definition) is 2. The number of hydrogen-bond acceptors (Lipinski definition) is 4. The zero-order valence-corrected chi connectivity index (χ0v) is 13.3. The summed E-state index contributed by atoms with van der Waals surface area (Å²) in [6.07, 6.45) is 0.667. The van der Waals surface area contributed by atoms with Crippen LogP contribution in [0.3, 0.4) is 0 Å². The van der Waals surface area contributed by atoms with Crippen molar-refractivity contribution < 1.29 is 0 Å². The smallest absolute Gasteiger partial charge is 0.0847 e. The Morgan fingerprint density at radius 3 is 2.15 bits per heavy atom. The second kappa shape index (κ2) is 5.55. The van der Waals surface area contributed by atoms with E-state index in [1.165, 1.54) is 0 Å². The lowest BCUT2D eigenvalue weighted by Gasteiger charge is -2.17. The van der Waals surface area contributed by atoms with Gasteiger partial charge in [0.1, 0.15) is 0 Å². The Morgan fingerprint density at radius 2 is 1.75 bits per heavy atom. The van der Waals surface area contributed by atoms with Crippen LogP contribution in [0, 0.1) is 20.8 Å². The molecule has 0 aliphatic heterocycles. The van der Waals surface area contributed by atoms with Gasteiger partial charge in [0, 0.05) is 31.8 Å². The maximum Gasteiger partial charge on any atom is 0.0847 e. The predicted octanol–water partition coefficient (Wildman–Crippen LogP) is 1.48. The number of aryl methyl sites for hydroxylation is 4. The molecule has 0 spiro atoms. The van der Waals surface area contributed by atoms with E-state index < -0.39 is 0 Å². The van der Waals surface area contributed by atoms with Gasteiger partial charge < -0.3 is 0 Å². The van der Waals surface area contributed by atoms with E-state index in [0.29, 0.717) is 11.4 Å². The molecule has 0 saturated heterocycles. The average molecular weight is 297 g/mol. The number of halogens is 1. The lowest BCUT2D eigenvalue weighted by molar-refractivity contribution is 0.525. The summed E-state index contributed by atoms with van der Waals surface area (Å²) in [5, 5.41) is 9.47. The monoisotopic (exact) mass is 296 g/mol. The van der Waals surface area contributed by atoms with Crippen LogP contribution in [0.5, 0.6) is 0 Å². The predicted molar refractivity (Wildman–Crippen MR) is 79.4 cm³/mol. The first-order valence-electron chi connectivity index (χ1n) is 6.51. The average Bonchev–Trinajstić information content (AvgIpc) is 2.77. The van der Waals surface area contributed by atoms with Crippen LogP contribution in [0.2, 0.25) is 5.02 Å². The van der Waals surface area contributed by atoms with Crippen molar-refractivity contribution in [3.8, 4) is 0 Å². The number of nitrogens with one attached hydrogen (secondary N) is 1. The Morgan fingerprint density at radius 1 is 1.15 bits per heavy atom. The third-order valence-corrected chi connectivity index (χ3v) is 4.27. The van der Waals surface area contributed by atoms with Crippen LogP contribution in [0.4, 0.5) is 0 Å². The second-order valence-corrected chi connectivity index (χ2v) is 5.48. The standard InChI is InChI=1S/C13H21ClN6/c1-7-12(9(3)19(4)17-7)10(16-15)6-11-13(14)8(2)18-20(11)5/h10,16H,6,15H2,1-5H3. The number of nitrogens with two attached hydrogens (primary N) is 1. The molecule has 0 aromatic carbocycles. The molecular weight excluding hydrogens is 276 g/mol. The molecule has 110 valence electrons. The number of nitrogens with zero attached hydrogens (tertiary/aromatic N) is 4. The van der Waals surface area contributed by atoms with E-state index in [9.17, 15) is 0 Å². The topological polar surface area (TPSA) is 73.7 Å². The second-order valence-electron chi connectivity index (χ2n) is 5.10. The molecule has 3 N–H and O–H groups in total. The maximum absolute atomic E-state index is 6.31. The van der Waals surface area contributed by atoms with Gasteiger partial charge in [0.15, 0.2) is 0 Å². The minimum absolute atomic E-state index is 0.0454. The van der Waals surface area contributed by atoms with Crippen molar-refractivity contribution in [2.45, 2.75) is 33.2 Å². The van der Waals surface area contributed by atoms with Gasteiger partial charge >= 0.3 is 0 Å². The zero-order valence-electron chi connectivity index (χ0n) is 12.5. The highest BCUT2D eigenvalue weighted by Gasteiger charge is 2.23. The molecule has 7 heteroatoms. The van der Waals surface area contributed by atoms with Gasteiger partial charge in [-0.05, 0) is 20.8 Å². The third kappa shape index (κ3) is 2.46. The molecule has 0 fully saturated rings. The molecule has 2 heterocycles. The van der Waals surface area contributed by atoms with Gasteiger partial charge in [0.05, 0.1) is 28.1 Å². The molecule has 0 aliphatic carbocycles. The quantitative estimate of drug-likeness (QED) is 0.662. The lowest BCUT2D eigenvalue weighted by Crippen LogP contribution is -2.31. The van der Waals surface area contributed by atoms with Crippen molar-refractivity contribution in [1.82, 2.24) is 25.0 Å². The molecule has 0 radical (unpaired) electrons. The van der Waals surface area contributed by atoms with Crippen molar-refractivity contribution in [2.24, 2.45) is 19.9 Å². The van der Waals surface area contributed by atoms with Gasteiger partial charge in [-0.15, -0.1) is 0 Å². The van der Waals surface area contributed by atoms with E-state index in [0.717, 1.165) is 28.3 Å². The van der Waals surface area contributed by atoms with E-state index in [4.69, 9.17) is 17.4 Å². The van der Waals surface area contributed by atoms with Crippen LogP contribution in [-0.2, 0) is 20.5 Å². The maximum atomic E-state index is 6.31. The first-order chi connectivity index (χ1) is 9.36.